The standard InChI is InChI=1S/C14H13BrCl2N2O/c1-20-8-2-3-11-18-13(16)12(14(17)19-11)9-4-6-10(15)7-5-9/h4-7H,2-3,8H2,1H3. The number of halogens is 3. The van der Waals surface area contributed by atoms with Crippen LogP contribution in [0.15, 0.2) is 28.7 Å². The van der Waals surface area contributed by atoms with Crippen LogP contribution < -0.4 is 0 Å². The number of hydrogen-bond donors (Lipinski definition) is 0. The summed E-state index contributed by atoms with van der Waals surface area (Å²) in [5.41, 5.74) is 1.56. The Morgan fingerprint density at radius 1 is 1.10 bits per heavy atom. The highest BCUT2D eigenvalue weighted by molar-refractivity contribution is 9.10. The summed E-state index contributed by atoms with van der Waals surface area (Å²) in [6, 6.07) is 7.69. The van der Waals surface area contributed by atoms with Crippen LogP contribution in [0.25, 0.3) is 11.1 Å². The van der Waals surface area contributed by atoms with Gasteiger partial charge in [0.15, 0.2) is 0 Å². The Morgan fingerprint density at radius 2 is 1.70 bits per heavy atom. The minimum Gasteiger partial charge on any atom is -0.385 e. The predicted molar refractivity (Wildman–Crippen MR) is 85.4 cm³/mol. The van der Waals surface area contributed by atoms with Gasteiger partial charge in [-0.25, -0.2) is 9.97 Å². The Bertz CT molecular complexity index is 567. The van der Waals surface area contributed by atoms with E-state index in [2.05, 4.69) is 25.9 Å². The molecule has 0 amide bonds. The van der Waals surface area contributed by atoms with Crippen molar-refractivity contribution in [3.8, 4) is 11.1 Å². The van der Waals surface area contributed by atoms with E-state index in [0.29, 0.717) is 34.7 Å². The summed E-state index contributed by atoms with van der Waals surface area (Å²) in [4.78, 5) is 8.61. The molecule has 0 saturated heterocycles. The van der Waals surface area contributed by atoms with Crippen LogP contribution in [-0.4, -0.2) is 23.7 Å². The number of hydrogen-bond acceptors (Lipinski definition) is 3. The largest absolute Gasteiger partial charge is 0.385 e. The van der Waals surface area contributed by atoms with Gasteiger partial charge in [0.1, 0.15) is 16.1 Å². The molecule has 0 aliphatic heterocycles. The van der Waals surface area contributed by atoms with Crippen molar-refractivity contribution in [1.29, 1.82) is 0 Å². The number of methoxy groups -OCH3 is 1. The highest BCUT2D eigenvalue weighted by Gasteiger charge is 2.13. The van der Waals surface area contributed by atoms with Gasteiger partial charge in [-0.3, -0.25) is 0 Å². The minimum atomic E-state index is 0.375. The molecule has 6 heteroatoms. The fourth-order valence-corrected chi connectivity index (χ4v) is 2.69. The highest BCUT2D eigenvalue weighted by Crippen LogP contribution is 2.33. The van der Waals surface area contributed by atoms with Crippen LogP contribution in [0.4, 0.5) is 0 Å². The van der Waals surface area contributed by atoms with Crippen LogP contribution in [0.2, 0.25) is 10.3 Å². The molecule has 1 aromatic heterocycles. The fourth-order valence-electron chi connectivity index (χ4n) is 1.79. The molecule has 0 aliphatic rings. The van der Waals surface area contributed by atoms with Crippen molar-refractivity contribution in [3.63, 3.8) is 0 Å². The molecule has 20 heavy (non-hydrogen) atoms. The Kier molecular flexibility index (Phi) is 5.78. The average molecular weight is 376 g/mol. The smallest absolute Gasteiger partial charge is 0.142 e. The van der Waals surface area contributed by atoms with Crippen LogP contribution >= 0.6 is 39.1 Å². The lowest BCUT2D eigenvalue weighted by atomic mass is 10.1. The van der Waals surface area contributed by atoms with E-state index in [1.54, 1.807) is 7.11 Å². The maximum atomic E-state index is 6.24. The predicted octanol–water partition coefficient (Wildman–Crippen LogP) is 4.79. The number of benzene rings is 1. The van der Waals surface area contributed by atoms with E-state index >= 15 is 0 Å². The van der Waals surface area contributed by atoms with Gasteiger partial charge in [0, 0.05) is 24.6 Å². The van der Waals surface area contributed by atoms with Crippen LogP contribution in [0.1, 0.15) is 12.2 Å². The quantitative estimate of drug-likeness (QED) is 0.556. The molecule has 0 atom stereocenters. The molecule has 0 radical (unpaired) electrons. The van der Waals surface area contributed by atoms with Crippen molar-refractivity contribution in [2.24, 2.45) is 0 Å². The third-order valence-electron chi connectivity index (χ3n) is 2.75. The molecular weight excluding hydrogens is 363 g/mol. The van der Waals surface area contributed by atoms with E-state index in [1.165, 1.54) is 0 Å². The van der Waals surface area contributed by atoms with Crippen molar-refractivity contribution in [1.82, 2.24) is 9.97 Å². The second-order valence-corrected chi connectivity index (χ2v) is 5.83. The SMILES string of the molecule is COCCCc1nc(Cl)c(-c2ccc(Br)cc2)c(Cl)n1. The monoisotopic (exact) mass is 374 g/mol. The van der Waals surface area contributed by atoms with Crippen molar-refractivity contribution in [2.75, 3.05) is 13.7 Å². The first-order valence-electron chi connectivity index (χ1n) is 6.08. The first kappa shape index (κ1) is 15.7. The van der Waals surface area contributed by atoms with Gasteiger partial charge in [-0.2, -0.15) is 0 Å². The number of ether oxygens (including phenoxy) is 1. The summed E-state index contributed by atoms with van der Waals surface area (Å²) in [7, 11) is 1.66. The topological polar surface area (TPSA) is 35.0 Å². The molecule has 2 rings (SSSR count). The van der Waals surface area contributed by atoms with Gasteiger partial charge in [-0.15, -0.1) is 0 Å². The molecule has 0 unspecified atom stereocenters. The Hall–Kier alpha value is -0.680. The maximum absolute atomic E-state index is 6.24. The second kappa shape index (κ2) is 7.36. The van der Waals surface area contributed by atoms with Crippen molar-refractivity contribution in [3.05, 3.63) is 44.9 Å². The van der Waals surface area contributed by atoms with Crippen LogP contribution in [0.5, 0.6) is 0 Å². The lowest BCUT2D eigenvalue weighted by Crippen LogP contribution is -2.01. The van der Waals surface area contributed by atoms with Gasteiger partial charge in [0.25, 0.3) is 0 Å². The van der Waals surface area contributed by atoms with E-state index in [-0.39, 0.29) is 0 Å². The lowest BCUT2D eigenvalue weighted by Gasteiger charge is -2.08. The molecule has 0 N–H and O–H groups in total. The normalized spacial score (nSPS) is 10.8. The molecular formula is C14H13BrCl2N2O. The lowest BCUT2D eigenvalue weighted by molar-refractivity contribution is 0.194. The van der Waals surface area contributed by atoms with Crippen molar-refractivity contribution in [2.45, 2.75) is 12.8 Å². The highest BCUT2D eigenvalue weighted by atomic mass is 79.9. The molecule has 0 aliphatic carbocycles. The molecule has 3 nitrogen and oxygen atoms in total. The van der Waals surface area contributed by atoms with E-state index in [1.807, 2.05) is 24.3 Å². The van der Waals surface area contributed by atoms with Crippen molar-refractivity contribution < 1.29 is 4.74 Å². The van der Waals surface area contributed by atoms with Crippen LogP contribution in [-0.2, 0) is 11.2 Å². The zero-order valence-electron chi connectivity index (χ0n) is 10.9. The van der Waals surface area contributed by atoms with E-state index < -0.39 is 0 Å². The van der Waals surface area contributed by atoms with Crippen molar-refractivity contribution >= 4 is 39.1 Å². The average Bonchev–Trinajstić information content (AvgIpc) is 2.40. The summed E-state index contributed by atoms with van der Waals surface area (Å²) >= 11 is 15.9. The second-order valence-electron chi connectivity index (χ2n) is 4.20. The van der Waals surface area contributed by atoms with E-state index in [0.717, 1.165) is 16.5 Å². The molecule has 0 fully saturated rings. The summed E-state index contributed by atoms with van der Waals surface area (Å²) < 4.78 is 5.99. The number of aromatic nitrogens is 2. The van der Waals surface area contributed by atoms with Gasteiger partial charge in [0.2, 0.25) is 0 Å². The third-order valence-corrected chi connectivity index (χ3v) is 3.82. The molecule has 0 spiro atoms. The van der Waals surface area contributed by atoms with E-state index in [4.69, 9.17) is 27.9 Å². The summed E-state index contributed by atoms with van der Waals surface area (Å²) in [5.74, 6) is 0.637. The first-order chi connectivity index (χ1) is 9.61. The van der Waals surface area contributed by atoms with Gasteiger partial charge in [-0.05, 0) is 24.1 Å². The number of aryl methyl sites for hydroxylation is 1. The molecule has 0 saturated carbocycles. The third kappa shape index (κ3) is 3.92. The molecule has 0 bridgehead atoms. The van der Waals surface area contributed by atoms with Crippen LogP contribution in [0.3, 0.4) is 0 Å². The number of nitrogens with zero attached hydrogens (tertiary/aromatic N) is 2. The molecule has 106 valence electrons. The summed E-state index contributed by atoms with van der Waals surface area (Å²) in [6.45, 7) is 0.660. The number of rotatable bonds is 5. The van der Waals surface area contributed by atoms with Gasteiger partial charge < -0.3 is 4.74 Å². The van der Waals surface area contributed by atoms with E-state index in [9.17, 15) is 0 Å². The Balaban J connectivity index is 2.29. The van der Waals surface area contributed by atoms with Gasteiger partial charge >= 0.3 is 0 Å². The van der Waals surface area contributed by atoms with Crippen LogP contribution in [0, 0.1) is 0 Å². The zero-order valence-corrected chi connectivity index (χ0v) is 14.0. The molecule has 2 aromatic rings. The molecule has 1 heterocycles. The summed E-state index contributed by atoms with van der Waals surface area (Å²) in [5, 5.41) is 0.750. The summed E-state index contributed by atoms with van der Waals surface area (Å²) in [6.07, 6.45) is 1.52. The Morgan fingerprint density at radius 3 is 2.25 bits per heavy atom. The van der Waals surface area contributed by atoms with Gasteiger partial charge in [0.05, 0.1) is 5.56 Å². The fraction of sp³-hybridized carbons (Fsp3) is 0.286. The minimum absolute atomic E-state index is 0.375. The zero-order chi connectivity index (χ0) is 14.5. The Labute approximate surface area is 136 Å². The maximum Gasteiger partial charge on any atom is 0.142 e. The first-order valence-corrected chi connectivity index (χ1v) is 7.63. The molecule has 1 aromatic carbocycles. The van der Waals surface area contributed by atoms with Gasteiger partial charge in [-0.1, -0.05) is 51.3 Å².